The SMILES string of the molecule is CCN1C(=O)Oc2ccccc2C1(C)NN. The Bertz CT molecular complexity index is 421. The van der Waals surface area contributed by atoms with Crippen molar-refractivity contribution >= 4 is 6.09 Å². The third-order valence-corrected chi connectivity index (χ3v) is 2.97. The Kier molecular flexibility index (Phi) is 2.57. The predicted molar refractivity (Wildman–Crippen MR) is 59.5 cm³/mol. The van der Waals surface area contributed by atoms with Gasteiger partial charge in [-0.05, 0) is 19.9 Å². The highest BCUT2D eigenvalue weighted by molar-refractivity contribution is 5.75. The van der Waals surface area contributed by atoms with E-state index in [0.29, 0.717) is 12.3 Å². The molecule has 0 radical (unpaired) electrons. The number of ether oxygens (including phenoxy) is 1. The van der Waals surface area contributed by atoms with Gasteiger partial charge in [0.15, 0.2) is 0 Å². The highest BCUT2D eigenvalue weighted by Crippen LogP contribution is 2.36. The molecule has 1 aromatic carbocycles. The molecule has 1 aliphatic heterocycles. The number of rotatable bonds is 2. The van der Waals surface area contributed by atoms with Gasteiger partial charge in [-0.3, -0.25) is 10.7 Å². The lowest BCUT2D eigenvalue weighted by Gasteiger charge is -2.43. The van der Waals surface area contributed by atoms with Gasteiger partial charge in [-0.15, -0.1) is 0 Å². The van der Waals surface area contributed by atoms with Crippen LogP contribution in [0.2, 0.25) is 0 Å². The first-order valence-corrected chi connectivity index (χ1v) is 5.20. The van der Waals surface area contributed by atoms with Gasteiger partial charge in [0.25, 0.3) is 0 Å². The maximum atomic E-state index is 11.8. The molecule has 5 heteroatoms. The number of benzene rings is 1. The van der Waals surface area contributed by atoms with E-state index in [2.05, 4.69) is 5.43 Å². The van der Waals surface area contributed by atoms with Crippen LogP contribution in [-0.4, -0.2) is 17.5 Å². The molecule has 0 saturated carbocycles. The zero-order chi connectivity index (χ0) is 11.8. The smallest absolute Gasteiger partial charge is 0.410 e. The summed E-state index contributed by atoms with van der Waals surface area (Å²) in [7, 11) is 0. The molecule has 16 heavy (non-hydrogen) atoms. The van der Waals surface area contributed by atoms with Crippen molar-refractivity contribution in [1.82, 2.24) is 10.3 Å². The predicted octanol–water partition coefficient (Wildman–Crippen LogP) is 1.16. The van der Waals surface area contributed by atoms with Crippen molar-refractivity contribution in [2.24, 2.45) is 5.84 Å². The highest BCUT2D eigenvalue weighted by atomic mass is 16.6. The van der Waals surface area contributed by atoms with Gasteiger partial charge in [-0.2, -0.15) is 0 Å². The van der Waals surface area contributed by atoms with Crippen molar-refractivity contribution in [2.45, 2.75) is 19.5 Å². The molecule has 0 fully saturated rings. The average molecular weight is 221 g/mol. The summed E-state index contributed by atoms with van der Waals surface area (Å²) in [5, 5.41) is 0. The van der Waals surface area contributed by atoms with Crippen LogP contribution in [0.1, 0.15) is 19.4 Å². The Labute approximate surface area is 94.1 Å². The van der Waals surface area contributed by atoms with Crippen LogP contribution in [0.25, 0.3) is 0 Å². The number of carbonyl (C=O) groups is 1. The zero-order valence-electron chi connectivity index (χ0n) is 9.36. The van der Waals surface area contributed by atoms with E-state index >= 15 is 0 Å². The quantitative estimate of drug-likeness (QED) is 0.581. The molecule has 1 aromatic rings. The summed E-state index contributed by atoms with van der Waals surface area (Å²) in [5.74, 6) is 6.13. The first-order chi connectivity index (χ1) is 7.63. The second-order valence-corrected chi connectivity index (χ2v) is 3.82. The number of nitrogens with zero attached hydrogens (tertiary/aromatic N) is 1. The fraction of sp³-hybridized carbons (Fsp3) is 0.364. The van der Waals surface area contributed by atoms with Crippen molar-refractivity contribution in [1.29, 1.82) is 0 Å². The van der Waals surface area contributed by atoms with E-state index in [1.54, 1.807) is 11.0 Å². The maximum Gasteiger partial charge on any atom is 0.417 e. The molecule has 86 valence electrons. The van der Waals surface area contributed by atoms with Crippen LogP contribution < -0.4 is 16.0 Å². The molecule has 0 aliphatic carbocycles. The van der Waals surface area contributed by atoms with E-state index in [0.717, 1.165) is 5.56 Å². The first kappa shape index (κ1) is 10.9. The minimum Gasteiger partial charge on any atom is -0.410 e. The van der Waals surface area contributed by atoms with Crippen molar-refractivity contribution in [3.05, 3.63) is 29.8 Å². The fourth-order valence-electron chi connectivity index (χ4n) is 2.04. The fourth-order valence-corrected chi connectivity index (χ4v) is 2.04. The van der Waals surface area contributed by atoms with E-state index in [1.165, 1.54) is 0 Å². The third kappa shape index (κ3) is 1.36. The van der Waals surface area contributed by atoms with Gasteiger partial charge in [0.05, 0.1) is 0 Å². The molecule has 1 unspecified atom stereocenters. The zero-order valence-corrected chi connectivity index (χ0v) is 9.36. The van der Waals surface area contributed by atoms with Crippen LogP contribution in [-0.2, 0) is 5.66 Å². The van der Waals surface area contributed by atoms with E-state index in [-0.39, 0.29) is 6.09 Å². The standard InChI is InChI=1S/C11H15N3O2/c1-3-14-10(15)16-9-7-5-4-6-8(9)11(14,2)13-12/h4-7,13H,3,12H2,1-2H3. The van der Waals surface area contributed by atoms with Crippen molar-refractivity contribution in [3.63, 3.8) is 0 Å². The van der Waals surface area contributed by atoms with Crippen LogP contribution >= 0.6 is 0 Å². The van der Waals surface area contributed by atoms with Crippen molar-refractivity contribution in [3.8, 4) is 5.75 Å². The van der Waals surface area contributed by atoms with E-state index in [1.807, 2.05) is 32.0 Å². The number of carbonyl (C=O) groups excluding carboxylic acids is 1. The van der Waals surface area contributed by atoms with Gasteiger partial charge in [0.2, 0.25) is 0 Å². The summed E-state index contributed by atoms with van der Waals surface area (Å²) < 4.78 is 5.22. The molecule has 0 bridgehead atoms. The second kappa shape index (κ2) is 3.77. The Morgan fingerprint density at radius 1 is 1.50 bits per heavy atom. The molecular weight excluding hydrogens is 206 g/mol. The molecule has 0 spiro atoms. The number of hydrazine groups is 1. The molecular formula is C11H15N3O2. The topological polar surface area (TPSA) is 67.6 Å². The lowest BCUT2D eigenvalue weighted by Crippen LogP contribution is -2.61. The Hall–Kier alpha value is -1.59. The summed E-state index contributed by atoms with van der Waals surface area (Å²) >= 11 is 0. The normalized spacial score (nSPS) is 23.9. The number of para-hydroxylation sites is 1. The molecule has 1 heterocycles. The summed E-state index contributed by atoms with van der Waals surface area (Å²) in [6, 6.07) is 7.37. The number of hydrogen-bond acceptors (Lipinski definition) is 4. The molecule has 0 saturated heterocycles. The summed E-state index contributed by atoms with van der Waals surface area (Å²) in [4.78, 5) is 13.3. The summed E-state index contributed by atoms with van der Waals surface area (Å²) in [6.45, 7) is 4.26. The molecule has 1 amide bonds. The Balaban J connectivity index is 2.58. The van der Waals surface area contributed by atoms with Crippen molar-refractivity contribution in [2.75, 3.05) is 6.54 Å². The second-order valence-electron chi connectivity index (χ2n) is 3.82. The Morgan fingerprint density at radius 2 is 2.19 bits per heavy atom. The summed E-state index contributed by atoms with van der Waals surface area (Å²) in [5.41, 5.74) is 2.83. The highest BCUT2D eigenvalue weighted by Gasteiger charge is 2.42. The van der Waals surface area contributed by atoms with Crippen LogP contribution in [0.5, 0.6) is 5.75 Å². The lowest BCUT2D eigenvalue weighted by atomic mass is 9.98. The van der Waals surface area contributed by atoms with Crippen LogP contribution in [0.4, 0.5) is 4.79 Å². The number of hydrogen-bond donors (Lipinski definition) is 2. The molecule has 2 rings (SSSR count). The minimum absolute atomic E-state index is 0.387. The largest absolute Gasteiger partial charge is 0.417 e. The minimum atomic E-state index is -0.722. The maximum absolute atomic E-state index is 11.8. The van der Waals surface area contributed by atoms with E-state index < -0.39 is 5.66 Å². The van der Waals surface area contributed by atoms with Gasteiger partial charge in [-0.1, -0.05) is 18.2 Å². The molecule has 5 nitrogen and oxygen atoms in total. The van der Waals surface area contributed by atoms with Crippen LogP contribution in [0, 0.1) is 0 Å². The number of fused-ring (bicyclic) bond motifs is 1. The van der Waals surface area contributed by atoms with E-state index in [9.17, 15) is 4.79 Å². The van der Waals surface area contributed by atoms with Crippen LogP contribution in [0.3, 0.4) is 0 Å². The molecule has 0 aromatic heterocycles. The van der Waals surface area contributed by atoms with Gasteiger partial charge in [0.1, 0.15) is 11.4 Å². The first-order valence-electron chi connectivity index (χ1n) is 5.20. The van der Waals surface area contributed by atoms with Gasteiger partial charge < -0.3 is 4.74 Å². The van der Waals surface area contributed by atoms with Crippen molar-refractivity contribution < 1.29 is 9.53 Å². The number of nitrogens with one attached hydrogen (secondary N) is 1. The molecule has 3 N–H and O–H groups in total. The van der Waals surface area contributed by atoms with Gasteiger partial charge in [0, 0.05) is 12.1 Å². The third-order valence-electron chi connectivity index (χ3n) is 2.97. The molecule has 1 atom stereocenters. The monoisotopic (exact) mass is 221 g/mol. The number of amides is 1. The lowest BCUT2D eigenvalue weighted by molar-refractivity contribution is 0.0522. The average Bonchev–Trinajstić information content (AvgIpc) is 2.29. The summed E-state index contributed by atoms with van der Waals surface area (Å²) in [6.07, 6.45) is -0.387. The van der Waals surface area contributed by atoms with Gasteiger partial charge >= 0.3 is 6.09 Å². The van der Waals surface area contributed by atoms with E-state index in [4.69, 9.17) is 10.6 Å². The molecule has 1 aliphatic rings. The van der Waals surface area contributed by atoms with Gasteiger partial charge in [-0.25, -0.2) is 10.2 Å². The Morgan fingerprint density at radius 3 is 2.81 bits per heavy atom. The van der Waals surface area contributed by atoms with Crippen LogP contribution in [0.15, 0.2) is 24.3 Å². The number of nitrogens with two attached hydrogens (primary N) is 1.